The standard InChI is InChI=1S/C9H5F2NO2.CH4/c10-9(11)13-7-2-1-6(3-4-12)5-8(7)14-9;/h1-2,5H,3H2;1H4. The smallest absolute Gasteiger partial charge is 0.395 e. The molecular formula is C10H9F2NO2. The largest absolute Gasteiger partial charge is 0.586 e. The monoisotopic (exact) mass is 213 g/mol. The van der Waals surface area contributed by atoms with Crippen LogP contribution in [-0.2, 0) is 6.42 Å². The maximum atomic E-state index is 12.5. The molecule has 0 bridgehead atoms. The van der Waals surface area contributed by atoms with E-state index in [4.69, 9.17) is 5.26 Å². The third-order valence-corrected chi connectivity index (χ3v) is 1.75. The van der Waals surface area contributed by atoms with Crippen LogP contribution in [-0.4, -0.2) is 6.29 Å². The van der Waals surface area contributed by atoms with E-state index in [1.165, 1.54) is 12.1 Å². The highest BCUT2D eigenvalue weighted by Gasteiger charge is 2.43. The molecule has 0 amide bonds. The van der Waals surface area contributed by atoms with E-state index in [1.807, 2.05) is 6.07 Å². The van der Waals surface area contributed by atoms with Gasteiger partial charge < -0.3 is 9.47 Å². The second-order valence-corrected chi connectivity index (χ2v) is 2.78. The molecule has 0 atom stereocenters. The van der Waals surface area contributed by atoms with E-state index in [1.54, 1.807) is 6.07 Å². The topological polar surface area (TPSA) is 42.2 Å². The van der Waals surface area contributed by atoms with Crippen LogP contribution in [0, 0.1) is 11.3 Å². The molecule has 1 aromatic rings. The van der Waals surface area contributed by atoms with Crippen LogP contribution in [0.3, 0.4) is 0 Å². The fraction of sp³-hybridized carbons (Fsp3) is 0.300. The fourth-order valence-corrected chi connectivity index (χ4v) is 1.19. The molecule has 1 aliphatic rings. The Bertz CT molecular complexity index is 412. The number of benzene rings is 1. The molecule has 5 heteroatoms. The Kier molecular flexibility index (Phi) is 2.80. The molecule has 2 rings (SSSR count). The summed E-state index contributed by atoms with van der Waals surface area (Å²) in [5, 5.41) is 8.40. The summed E-state index contributed by atoms with van der Waals surface area (Å²) in [5.74, 6) is -0.0283. The highest BCUT2D eigenvalue weighted by atomic mass is 19.3. The predicted octanol–water partition coefficient (Wildman–Crippen LogP) is 2.71. The number of hydrogen-bond donors (Lipinski definition) is 0. The lowest BCUT2D eigenvalue weighted by atomic mass is 10.1. The molecule has 1 heterocycles. The van der Waals surface area contributed by atoms with Crippen LogP contribution in [0.5, 0.6) is 11.5 Å². The number of halogens is 2. The van der Waals surface area contributed by atoms with Crippen molar-refractivity contribution in [3.8, 4) is 17.6 Å². The number of hydrogen-bond acceptors (Lipinski definition) is 3. The van der Waals surface area contributed by atoms with E-state index in [-0.39, 0.29) is 25.3 Å². The molecule has 0 aromatic heterocycles. The first-order chi connectivity index (χ1) is 6.61. The lowest BCUT2D eigenvalue weighted by Gasteiger charge is -2.04. The molecule has 1 aliphatic heterocycles. The summed E-state index contributed by atoms with van der Waals surface area (Å²) < 4.78 is 33.5. The Morgan fingerprint density at radius 1 is 1.27 bits per heavy atom. The van der Waals surface area contributed by atoms with Gasteiger partial charge in [0.05, 0.1) is 12.5 Å². The molecule has 0 N–H and O–H groups in total. The molecule has 80 valence electrons. The molecule has 0 saturated carbocycles. The summed E-state index contributed by atoms with van der Waals surface area (Å²) >= 11 is 0. The lowest BCUT2D eigenvalue weighted by molar-refractivity contribution is -0.286. The van der Waals surface area contributed by atoms with Crippen LogP contribution in [0.1, 0.15) is 13.0 Å². The van der Waals surface area contributed by atoms with Crippen LogP contribution in [0.4, 0.5) is 8.78 Å². The molecule has 0 unspecified atom stereocenters. The van der Waals surface area contributed by atoms with Crippen LogP contribution in [0.15, 0.2) is 18.2 Å². The Labute approximate surface area is 85.8 Å². The number of fused-ring (bicyclic) bond motifs is 1. The first kappa shape index (κ1) is 11.2. The van der Waals surface area contributed by atoms with E-state index in [2.05, 4.69) is 9.47 Å². The van der Waals surface area contributed by atoms with Gasteiger partial charge in [0, 0.05) is 0 Å². The van der Waals surface area contributed by atoms with Crippen molar-refractivity contribution in [1.82, 2.24) is 0 Å². The van der Waals surface area contributed by atoms with E-state index in [9.17, 15) is 8.78 Å². The average Bonchev–Trinajstić information content (AvgIpc) is 2.38. The van der Waals surface area contributed by atoms with Crippen LogP contribution in [0.25, 0.3) is 0 Å². The number of nitrogens with zero attached hydrogens (tertiary/aromatic N) is 1. The lowest BCUT2D eigenvalue weighted by Crippen LogP contribution is -2.25. The summed E-state index contributed by atoms with van der Waals surface area (Å²) in [6.07, 6.45) is -3.43. The summed E-state index contributed by atoms with van der Waals surface area (Å²) in [4.78, 5) is 0. The van der Waals surface area contributed by atoms with E-state index >= 15 is 0 Å². The van der Waals surface area contributed by atoms with Crippen LogP contribution >= 0.6 is 0 Å². The molecule has 0 spiro atoms. The van der Waals surface area contributed by atoms with Gasteiger partial charge in [0.2, 0.25) is 0 Å². The van der Waals surface area contributed by atoms with Gasteiger partial charge in [-0.3, -0.25) is 0 Å². The maximum Gasteiger partial charge on any atom is 0.586 e. The van der Waals surface area contributed by atoms with Crippen molar-refractivity contribution >= 4 is 0 Å². The zero-order chi connectivity index (χ0) is 10.2. The summed E-state index contributed by atoms with van der Waals surface area (Å²) in [6.45, 7) is 0. The van der Waals surface area contributed by atoms with Gasteiger partial charge in [0.25, 0.3) is 0 Å². The van der Waals surface area contributed by atoms with Crippen molar-refractivity contribution in [2.45, 2.75) is 20.1 Å². The van der Waals surface area contributed by atoms with Crippen molar-refractivity contribution in [1.29, 1.82) is 5.26 Å². The Morgan fingerprint density at radius 3 is 2.60 bits per heavy atom. The quantitative estimate of drug-likeness (QED) is 0.720. The van der Waals surface area contributed by atoms with Gasteiger partial charge in [-0.25, -0.2) is 0 Å². The number of nitriles is 1. The van der Waals surface area contributed by atoms with Crippen LogP contribution in [0.2, 0.25) is 0 Å². The zero-order valence-electron chi connectivity index (χ0n) is 6.96. The van der Waals surface area contributed by atoms with E-state index in [0.29, 0.717) is 5.56 Å². The normalized spacial score (nSPS) is 15.3. The van der Waals surface area contributed by atoms with Crippen molar-refractivity contribution in [3.05, 3.63) is 23.8 Å². The Balaban J connectivity index is 0.00000112. The minimum Gasteiger partial charge on any atom is -0.395 e. The molecule has 0 radical (unpaired) electrons. The maximum absolute atomic E-state index is 12.5. The third-order valence-electron chi connectivity index (χ3n) is 1.75. The molecule has 0 saturated heterocycles. The first-order valence-corrected chi connectivity index (χ1v) is 3.86. The second-order valence-electron chi connectivity index (χ2n) is 2.78. The second kappa shape index (κ2) is 3.73. The molecular weight excluding hydrogens is 204 g/mol. The number of ether oxygens (including phenoxy) is 2. The van der Waals surface area contributed by atoms with Crippen molar-refractivity contribution in [2.24, 2.45) is 0 Å². The molecule has 0 aliphatic carbocycles. The molecule has 0 fully saturated rings. The van der Waals surface area contributed by atoms with Crippen molar-refractivity contribution in [2.75, 3.05) is 0 Å². The predicted molar refractivity (Wildman–Crippen MR) is 48.7 cm³/mol. The molecule has 15 heavy (non-hydrogen) atoms. The molecule has 1 aromatic carbocycles. The van der Waals surface area contributed by atoms with E-state index in [0.717, 1.165) is 0 Å². The highest BCUT2D eigenvalue weighted by Crippen LogP contribution is 2.41. The minimum absolute atomic E-state index is 0. The number of rotatable bonds is 1. The van der Waals surface area contributed by atoms with Gasteiger partial charge in [0.15, 0.2) is 11.5 Å². The Hall–Kier alpha value is -1.83. The average molecular weight is 213 g/mol. The highest BCUT2D eigenvalue weighted by molar-refractivity contribution is 5.45. The van der Waals surface area contributed by atoms with Crippen molar-refractivity contribution < 1.29 is 18.3 Å². The van der Waals surface area contributed by atoms with Gasteiger partial charge in [-0.05, 0) is 17.7 Å². The summed E-state index contributed by atoms with van der Waals surface area (Å²) in [5.41, 5.74) is 0.618. The van der Waals surface area contributed by atoms with Crippen LogP contribution < -0.4 is 9.47 Å². The minimum atomic E-state index is -3.59. The van der Waals surface area contributed by atoms with Crippen molar-refractivity contribution in [3.63, 3.8) is 0 Å². The molecule has 3 nitrogen and oxygen atoms in total. The van der Waals surface area contributed by atoms with E-state index < -0.39 is 6.29 Å². The van der Waals surface area contributed by atoms with Gasteiger partial charge in [0.1, 0.15) is 0 Å². The first-order valence-electron chi connectivity index (χ1n) is 3.86. The van der Waals surface area contributed by atoms with Gasteiger partial charge >= 0.3 is 6.29 Å². The number of alkyl halides is 2. The third kappa shape index (κ3) is 2.15. The van der Waals surface area contributed by atoms with Gasteiger partial charge in [-0.15, -0.1) is 8.78 Å². The van der Waals surface area contributed by atoms with Gasteiger partial charge in [-0.1, -0.05) is 13.5 Å². The zero-order valence-corrected chi connectivity index (χ0v) is 6.96. The SMILES string of the molecule is C.N#CCc1ccc2c(c1)OC(F)(F)O2. The van der Waals surface area contributed by atoms with Gasteiger partial charge in [-0.2, -0.15) is 5.26 Å². The summed E-state index contributed by atoms with van der Waals surface area (Å²) in [7, 11) is 0. The fourth-order valence-electron chi connectivity index (χ4n) is 1.19. The summed E-state index contributed by atoms with van der Waals surface area (Å²) in [6, 6.07) is 6.20. The Morgan fingerprint density at radius 2 is 1.93 bits per heavy atom.